The van der Waals surface area contributed by atoms with Crippen molar-refractivity contribution in [3.8, 4) is 16.9 Å². The third-order valence-corrected chi connectivity index (χ3v) is 4.09. The van der Waals surface area contributed by atoms with E-state index in [1.54, 1.807) is 35.8 Å². The molecule has 0 aliphatic carbocycles. The number of nitrogens with zero attached hydrogens (tertiary/aromatic N) is 1. The van der Waals surface area contributed by atoms with Gasteiger partial charge in [0.1, 0.15) is 5.75 Å². The summed E-state index contributed by atoms with van der Waals surface area (Å²) in [6.07, 6.45) is -2.78. The van der Waals surface area contributed by atoms with Gasteiger partial charge in [-0.25, -0.2) is 4.98 Å². The Morgan fingerprint density at radius 1 is 1.12 bits per heavy atom. The van der Waals surface area contributed by atoms with Crippen LogP contribution in [0.3, 0.4) is 0 Å². The zero-order chi connectivity index (χ0) is 17.2. The van der Waals surface area contributed by atoms with Crippen molar-refractivity contribution in [3.05, 3.63) is 59.6 Å². The first-order valence-corrected chi connectivity index (χ1v) is 7.87. The van der Waals surface area contributed by atoms with E-state index in [-0.39, 0.29) is 0 Å². The van der Waals surface area contributed by atoms with E-state index in [4.69, 9.17) is 4.74 Å². The second-order valence-corrected chi connectivity index (χ2v) is 5.85. The topological polar surface area (TPSA) is 34.1 Å². The number of thiazole rings is 1. The van der Waals surface area contributed by atoms with Crippen LogP contribution < -0.4 is 10.1 Å². The van der Waals surface area contributed by atoms with Crippen molar-refractivity contribution < 1.29 is 17.9 Å². The number of benzene rings is 2. The van der Waals surface area contributed by atoms with Crippen molar-refractivity contribution in [2.75, 3.05) is 12.4 Å². The van der Waals surface area contributed by atoms with Crippen molar-refractivity contribution in [1.82, 2.24) is 4.98 Å². The fraction of sp³-hybridized carbons (Fsp3) is 0.118. The largest absolute Gasteiger partial charge is 0.497 e. The van der Waals surface area contributed by atoms with E-state index >= 15 is 0 Å². The second-order valence-electron chi connectivity index (χ2n) is 4.95. The molecule has 1 heterocycles. The van der Waals surface area contributed by atoms with Gasteiger partial charge in [0.15, 0.2) is 5.13 Å². The minimum absolute atomic E-state index is 0.430. The zero-order valence-corrected chi connectivity index (χ0v) is 13.4. The van der Waals surface area contributed by atoms with Crippen LogP contribution in [-0.4, -0.2) is 12.1 Å². The highest BCUT2D eigenvalue weighted by Gasteiger charge is 2.31. The highest BCUT2D eigenvalue weighted by molar-refractivity contribution is 7.13. The lowest BCUT2D eigenvalue weighted by atomic mass is 10.0. The molecule has 0 unspecified atom stereocenters. The normalized spacial score (nSPS) is 11.3. The smallest absolute Gasteiger partial charge is 0.416 e. The van der Waals surface area contributed by atoms with Crippen molar-refractivity contribution in [1.29, 1.82) is 0 Å². The Bertz CT molecular complexity index is 832. The maximum Gasteiger partial charge on any atom is 0.416 e. The molecule has 0 spiro atoms. The number of ether oxygens (including phenoxy) is 1. The van der Waals surface area contributed by atoms with E-state index in [1.807, 2.05) is 0 Å². The summed E-state index contributed by atoms with van der Waals surface area (Å²) in [5.41, 5.74) is 0.898. The standard InChI is InChI=1S/C17H13F3N2OS/c1-23-13-4-2-3-11(9-13)14-10-12(17(18,19)20)5-6-15(14)22-16-21-7-8-24-16/h2-10H,1H3,(H,21,22). The second kappa shape index (κ2) is 6.52. The molecule has 124 valence electrons. The lowest BCUT2D eigenvalue weighted by Gasteiger charge is -2.15. The molecule has 0 amide bonds. The van der Waals surface area contributed by atoms with Crippen LogP contribution in [0.5, 0.6) is 5.75 Å². The van der Waals surface area contributed by atoms with Gasteiger partial charge in [0.2, 0.25) is 0 Å². The summed E-state index contributed by atoms with van der Waals surface area (Å²) in [7, 11) is 1.51. The maximum atomic E-state index is 13.1. The van der Waals surface area contributed by atoms with Crippen LogP contribution in [-0.2, 0) is 6.18 Å². The molecule has 1 N–H and O–H groups in total. The lowest BCUT2D eigenvalue weighted by molar-refractivity contribution is -0.137. The van der Waals surface area contributed by atoms with E-state index in [9.17, 15) is 13.2 Å². The van der Waals surface area contributed by atoms with Crippen molar-refractivity contribution in [3.63, 3.8) is 0 Å². The minimum atomic E-state index is -4.41. The van der Waals surface area contributed by atoms with Crippen LogP contribution in [0.25, 0.3) is 11.1 Å². The van der Waals surface area contributed by atoms with Crippen LogP contribution in [0.4, 0.5) is 24.0 Å². The molecule has 3 rings (SSSR count). The Hall–Kier alpha value is -2.54. The van der Waals surface area contributed by atoms with Crippen LogP contribution in [0, 0.1) is 0 Å². The maximum absolute atomic E-state index is 13.1. The highest BCUT2D eigenvalue weighted by Crippen LogP contribution is 2.38. The van der Waals surface area contributed by atoms with Gasteiger partial charge in [-0.15, -0.1) is 11.3 Å². The quantitative estimate of drug-likeness (QED) is 0.667. The summed E-state index contributed by atoms with van der Waals surface area (Å²) in [6, 6.07) is 10.5. The third-order valence-electron chi connectivity index (χ3n) is 3.40. The SMILES string of the molecule is COc1cccc(-c2cc(C(F)(F)F)ccc2Nc2nccs2)c1. The Labute approximate surface area is 140 Å². The molecule has 7 heteroatoms. The van der Waals surface area contributed by atoms with Gasteiger partial charge in [0, 0.05) is 22.8 Å². The number of hydrogen-bond acceptors (Lipinski definition) is 4. The number of aromatic nitrogens is 1. The number of methoxy groups -OCH3 is 1. The molecule has 0 aliphatic rings. The molecule has 0 saturated carbocycles. The molecular weight excluding hydrogens is 337 g/mol. The van der Waals surface area contributed by atoms with Crippen LogP contribution in [0.15, 0.2) is 54.0 Å². The summed E-state index contributed by atoms with van der Waals surface area (Å²) in [5, 5.41) is 5.47. The number of hydrogen-bond donors (Lipinski definition) is 1. The Kier molecular flexibility index (Phi) is 4.44. The molecule has 0 radical (unpaired) electrons. The molecule has 0 bridgehead atoms. The molecule has 1 aromatic heterocycles. The van der Waals surface area contributed by atoms with Crippen molar-refractivity contribution >= 4 is 22.2 Å². The Morgan fingerprint density at radius 2 is 1.96 bits per heavy atom. The molecule has 0 atom stereocenters. The molecule has 0 saturated heterocycles. The monoisotopic (exact) mass is 350 g/mol. The fourth-order valence-electron chi connectivity index (χ4n) is 2.26. The summed E-state index contributed by atoms with van der Waals surface area (Å²) >= 11 is 1.37. The van der Waals surface area contributed by atoms with Gasteiger partial charge in [-0.3, -0.25) is 0 Å². The molecule has 24 heavy (non-hydrogen) atoms. The number of halogens is 3. The summed E-state index contributed by atoms with van der Waals surface area (Å²) < 4.78 is 44.4. The van der Waals surface area contributed by atoms with Gasteiger partial charge in [0.25, 0.3) is 0 Å². The van der Waals surface area contributed by atoms with Crippen molar-refractivity contribution in [2.24, 2.45) is 0 Å². The highest BCUT2D eigenvalue weighted by atomic mass is 32.1. The molecular formula is C17H13F3N2OS. The van der Waals surface area contributed by atoms with E-state index < -0.39 is 11.7 Å². The van der Waals surface area contributed by atoms with Crippen LogP contribution in [0.2, 0.25) is 0 Å². The van der Waals surface area contributed by atoms with Gasteiger partial charge in [0.05, 0.1) is 12.7 Å². The minimum Gasteiger partial charge on any atom is -0.497 e. The van der Waals surface area contributed by atoms with E-state index in [0.29, 0.717) is 27.7 Å². The van der Waals surface area contributed by atoms with Gasteiger partial charge in [-0.2, -0.15) is 13.2 Å². The average molecular weight is 350 g/mol. The van der Waals surface area contributed by atoms with E-state index in [1.165, 1.54) is 24.5 Å². The van der Waals surface area contributed by atoms with Gasteiger partial charge in [-0.1, -0.05) is 12.1 Å². The first-order valence-electron chi connectivity index (χ1n) is 6.99. The average Bonchev–Trinajstić information content (AvgIpc) is 3.07. The number of nitrogens with one attached hydrogen (secondary N) is 1. The number of anilines is 2. The molecule has 0 aliphatic heterocycles. The predicted octanol–water partition coefficient (Wildman–Crippen LogP) is 5.58. The molecule has 2 aromatic carbocycles. The fourth-order valence-corrected chi connectivity index (χ4v) is 2.80. The van der Waals surface area contributed by atoms with Gasteiger partial charge >= 0.3 is 6.18 Å². The summed E-state index contributed by atoms with van der Waals surface area (Å²) in [5.74, 6) is 0.574. The third kappa shape index (κ3) is 3.51. The Morgan fingerprint density at radius 3 is 2.62 bits per heavy atom. The number of rotatable bonds is 4. The molecule has 3 aromatic rings. The number of alkyl halides is 3. The van der Waals surface area contributed by atoms with Gasteiger partial charge in [-0.05, 0) is 35.9 Å². The summed E-state index contributed by atoms with van der Waals surface area (Å²) in [6.45, 7) is 0. The molecule has 3 nitrogen and oxygen atoms in total. The predicted molar refractivity (Wildman–Crippen MR) is 88.8 cm³/mol. The van der Waals surface area contributed by atoms with Gasteiger partial charge < -0.3 is 10.1 Å². The zero-order valence-electron chi connectivity index (χ0n) is 12.6. The first-order chi connectivity index (χ1) is 11.5. The lowest BCUT2D eigenvalue weighted by Crippen LogP contribution is -2.05. The Balaban J connectivity index is 2.11. The van der Waals surface area contributed by atoms with Crippen molar-refractivity contribution in [2.45, 2.75) is 6.18 Å². The van der Waals surface area contributed by atoms with E-state index in [2.05, 4.69) is 10.3 Å². The first kappa shape index (κ1) is 16.3. The molecule has 0 fully saturated rings. The van der Waals surface area contributed by atoms with Crippen LogP contribution >= 0.6 is 11.3 Å². The van der Waals surface area contributed by atoms with E-state index in [0.717, 1.165) is 12.1 Å². The summed E-state index contributed by atoms with van der Waals surface area (Å²) in [4.78, 5) is 4.11. The van der Waals surface area contributed by atoms with Crippen LogP contribution in [0.1, 0.15) is 5.56 Å².